The number of ether oxygens (including phenoxy) is 1. The molecular formula is C20H28N4O4S. The van der Waals surface area contributed by atoms with Gasteiger partial charge in [-0.25, -0.2) is 13.4 Å². The van der Waals surface area contributed by atoms with Gasteiger partial charge in [-0.15, -0.1) is 0 Å². The van der Waals surface area contributed by atoms with E-state index in [4.69, 9.17) is 4.74 Å². The molecule has 2 N–H and O–H groups in total. The van der Waals surface area contributed by atoms with Crippen molar-refractivity contribution in [1.29, 1.82) is 0 Å². The summed E-state index contributed by atoms with van der Waals surface area (Å²) in [5, 5.41) is 2.74. The van der Waals surface area contributed by atoms with Crippen molar-refractivity contribution in [3.8, 4) is 5.75 Å². The zero-order chi connectivity index (χ0) is 21.6. The van der Waals surface area contributed by atoms with E-state index in [0.29, 0.717) is 17.9 Å². The molecule has 1 aromatic carbocycles. The fourth-order valence-corrected chi connectivity index (χ4v) is 3.85. The lowest BCUT2D eigenvalue weighted by molar-refractivity contribution is -0.118. The molecule has 0 spiro atoms. The van der Waals surface area contributed by atoms with Gasteiger partial charge in [-0.2, -0.15) is 4.72 Å². The fourth-order valence-electron chi connectivity index (χ4n) is 2.64. The van der Waals surface area contributed by atoms with Crippen LogP contribution in [0, 0.1) is 5.92 Å². The summed E-state index contributed by atoms with van der Waals surface area (Å²) in [6.45, 7) is 3.85. The number of aromatic nitrogens is 1. The van der Waals surface area contributed by atoms with Gasteiger partial charge in [0.1, 0.15) is 17.6 Å². The molecule has 0 aliphatic rings. The van der Waals surface area contributed by atoms with E-state index < -0.39 is 22.0 Å². The number of benzene rings is 1. The maximum absolute atomic E-state index is 12.8. The fraction of sp³-hybridized carbons (Fsp3) is 0.400. The highest BCUT2D eigenvalue weighted by Crippen LogP contribution is 2.18. The Morgan fingerprint density at radius 3 is 2.28 bits per heavy atom. The molecule has 0 aliphatic carbocycles. The van der Waals surface area contributed by atoms with E-state index >= 15 is 0 Å². The van der Waals surface area contributed by atoms with Gasteiger partial charge in [0.05, 0.1) is 23.9 Å². The summed E-state index contributed by atoms with van der Waals surface area (Å²) < 4.78 is 33.1. The summed E-state index contributed by atoms with van der Waals surface area (Å²) in [6.07, 6.45) is 1.89. The van der Waals surface area contributed by atoms with E-state index in [-0.39, 0.29) is 10.8 Å². The second kappa shape index (κ2) is 9.71. The Morgan fingerprint density at radius 2 is 1.79 bits per heavy atom. The van der Waals surface area contributed by atoms with Crippen LogP contribution in [0.3, 0.4) is 0 Å². The Bertz CT molecular complexity index is 911. The zero-order valence-corrected chi connectivity index (χ0v) is 18.2. The molecule has 8 nitrogen and oxygen atoms in total. The van der Waals surface area contributed by atoms with E-state index in [1.54, 1.807) is 24.3 Å². The Morgan fingerprint density at radius 1 is 1.14 bits per heavy atom. The molecule has 158 valence electrons. The third-order valence-corrected chi connectivity index (χ3v) is 5.65. The van der Waals surface area contributed by atoms with Crippen LogP contribution < -0.4 is 19.7 Å². The topological polar surface area (TPSA) is 101 Å². The largest absolute Gasteiger partial charge is 0.497 e. The van der Waals surface area contributed by atoms with Crippen LogP contribution in [0.25, 0.3) is 0 Å². The molecule has 0 saturated carbocycles. The molecule has 29 heavy (non-hydrogen) atoms. The van der Waals surface area contributed by atoms with Gasteiger partial charge in [0.2, 0.25) is 15.9 Å². The standard InChI is InChI=1S/C20H28N4O4S/c1-14(2)12-18(20(25)22-15-6-11-19(21-13-15)24(3)4)23-29(26,27)17-9-7-16(28-5)8-10-17/h6-11,13-14,18,23H,12H2,1-5H3,(H,22,25). The van der Waals surface area contributed by atoms with Crippen LogP contribution >= 0.6 is 0 Å². The summed E-state index contributed by atoms with van der Waals surface area (Å²) in [4.78, 5) is 18.9. The third-order valence-electron chi connectivity index (χ3n) is 4.16. The number of nitrogens with one attached hydrogen (secondary N) is 2. The van der Waals surface area contributed by atoms with Crippen LogP contribution in [0.2, 0.25) is 0 Å². The summed E-state index contributed by atoms with van der Waals surface area (Å²) in [7, 11) is 1.37. The van der Waals surface area contributed by atoms with Gasteiger partial charge in [-0.3, -0.25) is 4.79 Å². The van der Waals surface area contributed by atoms with Crippen molar-refractivity contribution >= 4 is 27.4 Å². The Kier molecular flexibility index (Phi) is 7.58. The van der Waals surface area contributed by atoms with Crippen molar-refractivity contribution in [2.24, 2.45) is 5.92 Å². The lowest BCUT2D eigenvalue weighted by Gasteiger charge is -2.20. The molecule has 1 amide bonds. The molecule has 2 rings (SSSR count). The molecule has 9 heteroatoms. The van der Waals surface area contributed by atoms with Crippen molar-refractivity contribution < 1.29 is 17.9 Å². The molecular weight excluding hydrogens is 392 g/mol. The van der Waals surface area contributed by atoms with E-state index in [2.05, 4.69) is 15.0 Å². The number of anilines is 2. The molecule has 0 saturated heterocycles. The van der Waals surface area contributed by atoms with Gasteiger partial charge < -0.3 is 15.0 Å². The number of pyridine rings is 1. The second-order valence-electron chi connectivity index (χ2n) is 7.27. The van der Waals surface area contributed by atoms with Gasteiger partial charge in [-0.1, -0.05) is 13.8 Å². The minimum atomic E-state index is -3.87. The van der Waals surface area contributed by atoms with E-state index in [9.17, 15) is 13.2 Å². The average Bonchev–Trinajstić information content (AvgIpc) is 2.67. The van der Waals surface area contributed by atoms with Crippen molar-refractivity contribution in [3.05, 3.63) is 42.6 Å². The summed E-state index contributed by atoms with van der Waals surface area (Å²) >= 11 is 0. The Labute approximate surface area is 172 Å². The maximum atomic E-state index is 12.8. The number of amides is 1. The number of hydrogen-bond donors (Lipinski definition) is 2. The van der Waals surface area contributed by atoms with Crippen molar-refractivity contribution in [1.82, 2.24) is 9.71 Å². The highest BCUT2D eigenvalue weighted by Gasteiger charge is 2.26. The number of carbonyl (C=O) groups is 1. The van der Waals surface area contributed by atoms with Crippen LogP contribution in [0.15, 0.2) is 47.5 Å². The first kappa shape index (κ1) is 22.6. The van der Waals surface area contributed by atoms with Crippen molar-refractivity contribution in [2.45, 2.75) is 31.2 Å². The van der Waals surface area contributed by atoms with Gasteiger partial charge >= 0.3 is 0 Å². The van der Waals surface area contributed by atoms with Gasteiger partial charge in [-0.05, 0) is 48.7 Å². The second-order valence-corrected chi connectivity index (χ2v) is 8.98. The van der Waals surface area contributed by atoms with Crippen LogP contribution in [0.1, 0.15) is 20.3 Å². The van der Waals surface area contributed by atoms with Gasteiger partial charge in [0, 0.05) is 14.1 Å². The first-order valence-electron chi connectivity index (χ1n) is 9.23. The van der Waals surface area contributed by atoms with Crippen LogP contribution in [0.5, 0.6) is 5.75 Å². The Balaban J connectivity index is 2.17. The molecule has 0 radical (unpaired) electrons. The number of nitrogens with zero attached hydrogens (tertiary/aromatic N) is 2. The van der Waals surface area contributed by atoms with Gasteiger partial charge in [0.15, 0.2) is 0 Å². The molecule has 1 heterocycles. The highest BCUT2D eigenvalue weighted by atomic mass is 32.2. The third kappa shape index (κ3) is 6.43. The van der Waals surface area contributed by atoms with E-state index in [1.807, 2.05) is 32.8 Å². The van der Waals surface area contributed by atoms with Crippen LogP contribution in [-0.2, 0) is 14.8 Å². The summed E-state index contributed by atoms with van der Waals surface area (Å²) in [5.74, 6) is 0.977. The first-order chi connectivity index (χ1) is 13.6. The lowest BCUT2D eigenvalue weighted by Crippen LogP contribution is -2.44. The highest BCUT2D eigenvalue weighted by molar-refractivity contribution is 7.89. The maximum Gasteiger partial charge on any atom is 0.242 e. The number of hydrogen-bond acceptors (Lipinski definition) is 6. The predicted molar refractivity (Wildman–Crippen MR) is 114 cm³/mol. The molecule has 0 bridgehead atoms. The monoisotopic (exact) mass is 420 g/mol. The first-order valence-corrected chi connectivity index (χ1v) is 10.7. The van der Waals surface area contributed by atoms with Crippen molar-refractivity contribution in [2.75, 3.05) is 31.4 Å². The normalized spacial score (nSPS) is 12.5. The molecule has 2 aromatic rings. The number of sulfonamides is 1. The quantitative estimate of drug-likeness (QED) is 0.646. The minimum absolute atomic E-state index is 0.0665. The summed E-state index contributed by atoms with van der Waals surface area (Å²) in [6, 6.07) is 8.58. The van der Waals surface area contributed by atoms with E-state index in [1.165, 1.54) is 25.4 Å². The molecule has 1 aromatic heterocycles. The SMILES string of the molecule is COc1ccc(S(=O)(=O)NC(CC(C)C)C(=O)Nc2ccc(N(C)C)nc2)cc1. The number of methoxy groups -OCH3 is 1. The minimum Gasteiger partial charge on any atom is -0.497 e. The zero-order valence-electron chi connectivity index (χ0n) is 17.3. The van der Waals surface area contributed by atoms with Gasteiger partial charge in [0.25, 0.3) is 0 Å². The molecule has 0 fully saturated rings. The van der Waals surface area contributed by atoms with Crippen molar-refractivity contribution in [3.63, 3.8) is 0 Å². The smallest absolute Gasteiger partial charge is 0.242 e. The Hall–Kier alpha value is -2.65. The lowest BCUT2D eigenvalue weighted by atomic mass is 10.0. The number of rotatable bonds is 9. The van der Waals surface area contributed by atoms with E-state index in [0.717, 1.165) is 5.82 Å². The molecule has 1 unspecified atom stereocenters. The van der Waals surface area contributed by atoms with Crippen LogP contribution in [0.4, 0.5) is 11.5 Å². The predicted octanol–water partition coefficient (Wildman–Crippen LogP) is 2.49. The van der Waals surface area contributed by atoms with Crippen LogP contribution in [-0.4, -0.2) is 46.6 Å². The molecule has 0 aliphatic heterocycles. The summed E-state index contributed by atoms with van der Waals surface area (Å²) in [5.41, 5.74) is 0.498. The average molecular weight is 421 g/mol. The number of carbonyl (C=O) groups excluding carboxylic acids is 1. The molecule has 1 atom stereocenters.